The number of rotatable bonds is 6. The molecule has 3 rings (SSSR count). The van der Waals surface area contributed by atoms with Crippen molar-refractivity contribution in [1.82, 2.24) is 9.55 Å². The number of alkyl halides is 3. The molecule has 0 spiro atoms. The van der Waals surface area contributed by atoms with Crippen LogP contribution in [0.2, 0.25) is 0 Å². The number of halogens is 3. The third kappa shape index (κ3) is 4.51. The molecule has 8 nitrogen and oxygen atoms in total. The SMILES string of the molecule is COCc1cc(NC(=O)Cn2cnc3cccc([N+](=O)[O-])c32)cc(C(F)(F)F)c1. The van der Waals surface area contributed by atoms with Crippen molar-refractivity contribution in [3.05, 3.63) is 64.0 Å². The van der Waals surface area contributed by atoms with Crippen LogP contribution in [0.25, 0.3) is 11.0 Å². The second-order valence-electron chi connectivity index (χ2n) is 6.17. The first-order chi connectivity index (χ1) is 13.7. The molecule has 11 heteroatoms. The Kier molecular flexibility index (Phi) is 5.50. The van der Waals surface area contributed by atoms with Crippen molar-refractivity contribution in [2.75, 3.05) is 12.4 Å². The zero-order valence-corrected chi connectivity index (χ0v) is 15.1. The molecule has 152 valence electrons. The number of nitrogens with zero attached hydrogens (tertiary/aromatic N) is 3. The second kappa shape index (κ2) is 7.87. The van der Waals surface area contributed by atoms with Gasteiger partial charge in [0, 0.05) is 18.9 Å². The third-order valence-electron chi connectivity index (χ3n) is 4.04. The number of nitrogens with one attached hydrogen (secondary N) is 1. The molecule has 0 fully saturated rings. The number of carbonyl (C=O) groups is 1. The molecule has 1 aromatic heterocycles. The number of fused-ring (bicyclic) bond motifs is 1. The van der Waals surface area contributed by atoms with Gasteiger partial charge in [0.15, 0.2) is 0 Å². The van der Waals surface area contributed by atoms with Crippen LogP contribution in [0.15, 0.2) is 42.7 Å². The van der Waals surface area contributed by atoms with Crippen LogP contribution >= 0.6 is 0 Å². The van der Waals surface area contributed by atoms with Gasteiger partial charge in [0.1, 0.15) is 12.1 Å². The number of amides is 1. The number of hydrogen-bond acceptors (Lipinski definition) is 5. The average Bonchev–Trinajstić information content (AvgIpc) is 3.03. The Bertz CT molecular complexity index is 1080. The van der Waals surface area contributed by atoms with E-state index in [4.69, 9.17) is 4.74 Å². The Labute approximate surface area is 162 Å². The van der Waals surface area contributed by atoms with E-state index in [1.165, 1.54) is 36.2 Å². The smallest absolute Gasteiger partial charge is 0.380 e. The van der Waals surface area contributed by atoms with E-state index >= 15 is 0 Å². The summed E-state index contributed by atoms with van der Waals surface area (Å²) in [4.78, 5) is 27.0. The van der Waals surface area contributed by atoms with Crippen LogP contribution in [0.5, 0.6) is 0 Å². The van der Waals surface area contributed by atoms with Gasteiger partial charge in [-0.2, -0.15) is 13.2 Å². The van der Waals surface area contributed by atoms with Gasteiger partial charge in [0.05, 0.1) is 28.9 Å². The van der Waals surface area contributed by atoms with Gasteiger partial charge in [-0.1, -0.05) is 6.07 Å². The molecule has 1 amide bonds. The standard InChI is InChI=1S/C18H15F3N4O4/c1-29-9-11-5-12(18(19,20)21)7-13(6-11)23-16(26)8-24-10-22-14-3-2-4-15(17(14)24)25(27)28/h2-7,10H,8-9H2,1H3,(H,23,26). The largest absolute Gasteiger partial charge is 0.416 e. The average molecular weight is 408 g/mol. The molecule has 0 saturated carbocycles. The van der Waals surface area contributed by atoms with Crippen LogP contribution in [0.1, 0.15) is 11.1 Å². The molecule has 2 aromatic carbocycles. The van der Waals surface area contributed by atoms with E-state index in [1.54, 1.807) is 6.07 Å². The summed E-state index contributed by atoms with van der Waals surface area (Å²) >= 11 is 0. The normalized spacial score (nSPS) is 11.6. The fourth-order valence-electron chi connectivity index (χ4n) is 2.91. The number of benzene rings is 2. The van der Waals surface area contributed by atoms with Crippen LogP contribution in [-0.2, 0) is 28.9 Å². The zero-order chi connectivity index (χ0) is 21.2. The summed E-state index contributed by atoms with van der Waals surface area (Å²) in [6.07, 6.45) is -3.33. The minimum Gasteiger partial charge on any atom is -0.380 e. The molecule has 1 heterocycles. The number of ether oxygens (including phenoxy) is 1. The first kappa shape index (κ1) is 20.3. The Balaban J connectivity index is 1.87. The predicted octanol–water partition coefficient (Wildman–Crippen LogP) is 3.75. The highest BCUT2D eigenvalue weighted by molar-refractivity contribution is 5.93. The van der Waals surface area contributed by atoms with E-state index in [1.807, 2.05) is 0 Å². The van der Waals surface area contributed by atoms with E-state index in [-0.39, 0.29) is 35.6 Å². The van der Waals surface area contributed by atoms with Gasteiger partial charge in [0.25, 0.3) is 5.69 Å². The summed E-state index contributed by atoms with van der Waals surface area (Å²) in [5.74, 6) is -0.662. The van der Waals surface area contributed by atoms with Crippen LogP contribution < -0.4 is 5.32 Å². The number of methoxy groups -OCH3 is 1. The van der Waals surface area contributed by atoms with E-state index in [0.29, 0.717) is 5.52 Å². The number of carbonyl (C=O) groups excluding carboxylic acids is 1. The van der Waals surface area contributed by atoms with Gasteiger partial charge in [-0.3, -0.25) is 14.9 Å². The van der Waals surface area contributed by atoms with Gasteiger partial charge in [0.2, 0.25) is 5.91 Å². The molecule has 0 aliphatic heterocycles. The topological polar surface area (TPSA) is 99.3 Å². The lowest BCUT2D eigenvalue weighted by atomic mass is 10.1. The molecule has 0 radical (unpaired) electrons. The summed E-state index contributed by atoms with van der Waals surface area (Å²) in [6, 6.07) is 7.42. The first-order valence-corrected chi connectivity index (χ1v) is 8.27. The summed E-state index contributed by atoms with van der Waals surface area (Å²) < 4.78 is 45.4. The molecular formula is C18H15F3N4O4. The van der Waals surface area contributed by atoms with Crippen molar-refractivity contribution in [2.24, 2.45) is 0 Å². The third-order valence-corrected chi connectivity index (χ3v) is 4.04. The highest BCUT2D eigenvalue weighted by Gasteiger charge is 2.31. The fourth-order valence-corrected chi connectivity index (χ4v) is 2.91. The van der Waals surface area contributed by atoms with Gasteiger partial charge in [-0.15, -0.1) is 0 Å². The Hall–Kier alpha value is -3.47. The minimum atomic E-state index is -4.59. The highest BCUT2D eigenvalue weighted by atomic mass is 19.4. The first-order valence-electron chi connectivity index (χ1n) is 8.27. The van der Waals surface area contributed by atoms with Crippen molar-refractivity contribution < 1.29 is 27.6 Å². The lowest BCUT2D eigenvalue weighted by molar-refractivity contribution is -0.383. The van der Waals surface area contributed by atoms with Crippen molar-refractivity contribution in [1.29, 1.82) is 0 Å². The van der Waals surface area contributed by atoms with Crippen LogP contribution in [-0.4, -0.2) is 27.5 Å². The maximum absolute atomic E-state index is 13.1. The predicted molar refractivity (Wildman–Crippen MR) is 97.2 cm³/mol. The lowest BCUT2D eigenvalue weighted by Crippen LogP contribution is -2.19. The molecule has 0 unspecified atom stereocenters. The van der Waals surface area contributed by atoms with Crippen molar-refractivity contribution in [3.63, 3.8) is 0 Å². The molecule has 0 saturated heterocycles. The maximum Gasteiger partial charge on any atom is 0.416 e. The van der Waals surface area contributed by atoms with Crippen LogP contribution in [0, 0.1) is 10.1 Å². The number of nitro benzene ring substituents is 1. The number of para-hydroxylation sites is 1. The van der Waals surface area contributed by atoms with Crippen LogP contribution in [0.3, 0.4) is 0 Å². The number of non-ortho nitro benzene ring substituents is 1. The number of anilines is 1. The van der Waals surface area contributed by atoms with Gasteiger partial charge in [-0.05, 0) is 29.8 Å². The molecule has 0 aliphatic carbocycles. The summed E-state index contributed by atoms with van der Waals surface area (Å²) in [5, 5.41) is 13.6. The van der Waals surface area contributed by atoms with Crippen molar-refractivity contribution in [3.8, 4) is 0 Å². The molecule has 29 heavy (non-hydrogen) atoms. The molecule has 0 atom stereocenters. The minimum absolute atomic E-state index is 0.0594. The number of imidazole rings is 1. The van der Waals surface area contributed by atoms with E-state index in [2.05, 4.69) is 10.3 Å². The molecule has 3 aromatic rings. The number of hydrogen-bond donors (Lipinski definition) is 1. The van der Waals surface area contributed by atoms with Crippen molar-refractivity contribution >= 4 is 28.3 Å². The van der Waals surface area contributed by atoms with E-state index in [0.717, 1.165) is 12.1 Å². The molecule has 1 N–H and O–H groups in total. The van der Waals surface area contributed by atoms with E-state index in [9.17, 15) is 28.1 Å². The monoisotopic (exact) mass is 408 g/mol. The summed E-state index contributed by atoms with van der Waals surface area (Å²) in [6.45, 7) is -0.428. The molecule has 0 bridgehead atoms. The lowest BCUT2D eigenvalue weighted by Gasteiger charge is -2.13. The van der Waals surface area contributed by atoms with Gasteiger partial charge < -0.3 is 14.6 Å². The van der Waals surface area contributed by atoms with Crippen molar-refractivity contribution in [2.45, 2.75) is 19.3 Å². The summed E-state index contributed by atoms with van der Waals surface area (Å²) in [7, 11) is 1.34. The van der Waals surface area contributed by atoms with E-state index < -0.39 is 22.6 Å². The second-order valence-corrected chi connectivity index (χ2v) is 6.17. The Morgan fingerprint density at radius 3 is 2.72 bits per heavy atom. The molecular weight excluding hydrogens is 393 g/mol. The maximum atomic E-state index is 13.1. The quantitative estimate of drug-likeness (QED) is 0.495. The fraction of sp³-hybridized carbons (Fsp3) is 0.222. The zero-order valence-electron chi connectivity index (χ0n) is 15.1. The Morgan fingerprint density at radius 1 is 1.31 bits per heavy atom. The van der Waals surface area contributed by atoms with Gasteiger partial charge in [-0.25, -0.2) is 4.98 Å². The van der Waals surface area contributed by atoms with Gasteiger partial charge >= 0.3 is 6.18 Å². The number of nitro groups is 1. The summed E-state index contributed by atoms with van der Waals surface area (Å²) in [5.41, 5.74) is -0.498. The molecule has 0 aliphatic rings. The van der Waals surface area contributed by atoms with Crippen LogP contribution in [0.4, 0.5) is 24.5 Å². The highest BCUT2D eigenvalue weighted by Crippen LogP contribution is 2.32. The Morgan fingerprint density at radius 2 is 2.07 bits per heavy atom. The number of aromatic nitrogens is 2.